The van der Waals surface area contributed by atoms with E-state index < -0.39 is 0 Å². The van der Waals surface area contributed by atoms with Gasteiger partial charge < -0.3 is 9.84 Å². The van der Waals surface area contributed by atoms with E-state index in [1.54, 1.807) is 16.8 Å². The molecular weight excluding hydrogens is 378 g/mol. The van der Waals surface area contributed by atoms with Crippen molar-refractivity contribution >= 4 is 17.5 Å². The van der Waals surface area contributed by atoms with Gasteiger partial charge in [0.25, 0.3) is 0 Å². The standard InChI is InChI=1S/C20H22ClN5O2/c1-12-3-7-15(8-4-12)22-19(27)20-23-18(25-28-20)17-11-26(24-13(17)2)16-9-5-14(21)6-10-16/h5-6,9-12,15H,3-4,7-8H2,1-2H3,(H,22,27). The van der Waals surface area contributed by atoms with Crippen molar-refractivity contribution in [1.29, 1.82) is 0 Å². The Balaban J connectivity index is 1.49. The van der Waals surface area contributed by atoms with E-state index in [1.165, 1.54) is 0 Å². The third-order valence-electron chi connectivity index (χ3n) is 5.20. The van der Waals surface area contributed by atoms with Crippen LogP contribution in [0.1, 0.15) is 49.0 Å². The minimum atomic E-state index is -0.318. The number of hydrogen-bond acceptors (Lipinski definition) is 5. The zero-order valence-electron chi connectivity index (χ0n) is 15.9. The van der Waals surface area contributed by atoms with Gasteiger partial charge in [0.05, 0.1) is 16.9 Å². The maximum Gasteiger partial charge on any atom is 0.316 e. The smallest absolute Gasteiger partial charge is 0.316 e. The van der Waals surface area contributed by atoms with Gasteiger partial charge in [-0.2, -0.15) is 10.1 Å². The predicted octanol–water partition coefficient (Wildman–Crippen LogP) is 4.19. The van der Waals surface area contributed by atoms with Gasteiger partial charge in [0, 0.05) is 17.3 Å². The van der Waals surface area contributed by atoms with Crippen LogP contribution in [0.3, 0.4) is 0 Å². The normalized spacial score (nSPS) is 19.5. The highest BCUT2D eigenvalue weighted by molar-refractivity contribution is 6.30. The number of halogens is 1. The largest absolute Gasteiger partial charge is 0.345 e. The molecule has 0 spiro atoms. The van der Waals surface area contributed by atoms with Gasteiger partial charge in [-0.3, -0.25) is 4.79 Å². The molecule has 146 valence electrons. The Morgan fingerprint density at radius 1 is 1.21 bits per heavy atom. The first-order valence-corrected chi connectivity index (χ1v) is 9.84. The Hall–Kier alpha value is -2.67. The quantitative estimate of drug-likeness (QED) is 0.710. The van der Waals surface area contributed by atoms with Crippen molar-refractivity contribution in [2.45, 2.75) is 45.6 Å². The number of aromatic nitrogens is 4. The van der Waals surface area contributed by atoms with Gasteiger partial charge in [-0.25, -0.2) is 4.68 Å². The Morgan fingerprint density at radius 2 is 1.93 bits per heavy atom. The van der Waals surface area contributed by atoms with E-state index in [0.29, 0.717) is 16.4 Å². The molecule has 1 N–H and O–H groups in total. The molecule has 28 heavy (non-hydrogen) atoms. The van der Waals surface area contributed by atoms with Crippen molar-refractivity contribution in [2.24, 2.45) is 5.92 Å². The molecule has 0 bridgehead atoms. The molecule has 1 aromatic carbocycles. The number of carbonyl (C=O) groups excluding carboxylic acids is 1. The van der Waals surface area contributed by atoms with Crippen LogP contribution in [0.15, 0.2) is 35.0 Å². The van der Waals surface area contributed by atoms with Crippen molar-refractivity contribution in [3.8, 4) is 17.1 Å². The van der Waals surface area contributed by atoms with Gasteiger partial charge >= 0.3 is 11.8 Å². The maximum absolute atomic E-state index is 12.4. The van der Waals surface area contributed by atoms with Gasteiger partial charge in [-0.1, -0.05) is 23.7 Å². The van der Waals surface area contributed by atoms with E-state index in [9.17, 15) is 4.79 Å². The molecule has 1 saturated carbocycles. The van der Waals surface area contributed by atoms with Gasteiger partial charge in [-0.15, -0.1) is 0 Å². The lowest BCUT2D eigenvalue weighted by Gasteiger charge is -2.26. The van der Waals surface area contributed by atoms with Crippen molar-refractivity contribution in [3.63, 3.8) is 0 Å². The van der Waals surface area contributed by atoms with Crippen molar-refractivity contribution in [3.05, 3.63) is 47.1 Å². The molecule has 2 heterocycles. The molecule has 1 aliphatic carbocycles. The molecular formula is C20H22ClN5O2. The van der Waals surface area contributed by atoms with Crippen LogP contribution >= 0.6 is 11.6 Å². The molecule has 0 aliphatic heterocycles. The fraction of sp³-hybridized carbons (Fsp3) is 0.400. The minimum Gasteiger partial charge on any atom is -0.345 e. The summed E-state index contributed by atoms with van der Waals surface area (Å²) >= 11 is 5.94. The number of nitrogens with zero attached hydrogens (tertiary/aromatic N) is 4. The van der Waals surface area contributed by atoms with Gasteiger partial charge in [-0.05, 0) is 62.8 Å². The summed E-state index contributed by atoms with van der Waals surface area (Å²) in [6.07, 6.45) is 6.04. The average Bonchev–Trinajstić information content (AvgIpc) is 3.31. The molecule has 0 unspecified atom stereocenters. The number of hydrogen-bond donors (Lipinski definition) is 1. The third kappa shape index (κ3) is 3.94. The number of aryl methyl sites for hydroxylation is 1. The molecule has 0 atom stereocenters. The molecule has 3 aromatic rings. The third-order valence-corrected chi connectivity index (χ3v) is 5.45. The van der Waals surface area contributed by atoms with Crippen LogP contribution in [-0.4, -0.2) is 31.9 Å². The summed E-state index contributed by atoms with van der Waals surface area (Å²) in [5.41, 5.74) is 2.32. The number of benzene rings is 1. The first kappa shape index (κ1) is 18.7. The molecule has 1 fully saturated rings. The molecule has 1 aliphatic rings. The van der Waals surface area contributed by atoms with Crippen LogP contribution in [0.25, 0.3) is 17.1 Å². The molecule has 0 radical (unpaired) electrons. The van der Waals surface area contributed by atoms with E-state index in [4.69, 9.17) is 16.1 Å². The van der Waals surface area contributed by atoms with E-state index in [-0.39, 0.29) is 17.8 Å². The molecule has 1 amide bonds. The Bertz CT molecular complexity index is 971. The summed E-state index contributed by atoms with van der Waals surface area (Å²) in [6, 6.07) is 7.53. The number of rotatable bonds is 4. The second-order valence-electron chi connectivity index (χ2n) is 7.40. The van der Waals surface area contributed by atoms with Crippen LogP contribution < -0.4 is 5.32 Å². The van der Waals surface area contributed by atoms with E-state index in [0.717, 1.165) is 43.0 Å². The van der Waals surface area contributed by atoms with Gasteiger partial charge in [0.15, 0.2) is 0 Å². The molecule has 8 heteroatoms. The minimum absolute atomic E-state index is 0.0211. The Kier molecular flexibility index (Phi) is 5.17. The fourth-order valence-corrected chi connectivity index (χ4v) is 3.61. The topological polar surface area (TPSA) is 85.8 Å². The summed E-state index contributed by atoms with van der Waals surface area (Å²) in [6.45, 7) is 4.11. The lowest BCUT2D eigenvalue weighted by Crippen LogP contribution is -2.37. The predicted molar refractivity (Wildman–Crippen MR) is 105 cm³/mol. The summed E-state index contributed by atoms with van der Waals surface area (Å²) in [5.74, 6) is 0.733. The van der Waals surface area contributed by atoms with Crippen LogP contribution in [0.5, 0.6) is 0 Å². The van der Waals surface area contributed by atoms with Crippen LogP contribution in [0.4, 0.5) is 0 Å². The van der Waals surface area contributed by atoms with E-state index in [1.807, 2.05) is 25.3 Å². The number of nitrogens with one attached hydrogen (secondary N) is 1. The second kappa shape index (κ2) is 7.75. The van der Waals surface area contributed by atoms with Crippen molar-refractivity contribution in [2.75, 3.05) is 0 Å². The zero-order valence-corrected chi connectivity index (χ0v) is 16.6. The zero-order chi connectivity index (χ0) is 19.7. The first-order valence-electron chi connectivity index (χ1n) is 9.47. The summed E-state index contributed by atoms with van der Waals surface area (Å²) in [4.78, 5) is 16.7. The molecule has 0 saturated heterocycles. The summed E-state index contributed by atoms with van der Waals surface area (Å²) < 4.78 is 6.92. The second-order valence-corrected chi connectivity index (χ2v) is 7.84. The summed E-state index contributed by atoms with van der Waals surface area (Å²) in [5, 5.41) is 12.1. The lowest BCUT2D eigenvalue weighted by atomic mass is 9.87. The Labute approximate surface area is 168 Å². The Morgan fingerprint density at radius 3 is 2.64 bits per heavy atom. The monoisotopic (exact) mass is 399 g/mol. The SMILES string of the molecule is Cc1nn(-c2ccc(Cl)cc2)cc1-c1noc(C(=O)NC2CCC(C)CC2)n1. The summed E-state index contributed by atoms with van der Waals surface area (Å²) in [7, 11) is 0. The molecule has 4 rings (SSSR count). The maximum atomic E-state index is 12.4. The highest BCUT2D eigenvalue weighted by atomic mass is 35.5. The fourth-order valence-electron chi connectivity index (χ4n) is 3.48. The number of amides is 1. The van der Waals surface area contributed by atoms with Gasteiger partial charge in [0.2, 0.25) is 5.82 Å². The van der Waals surface area contributed by atoms with Crippen molar-refractivity contribution in [1.82, 2.24) is 25.2 Å². The van der Waals surface area contributed by atoms with Crippen LogP contribution in [0, 0.1) is 12.8 Å². The molecule has 7 nitrogen and oxygen atoms in total. The van der Waals surface area contributed by atoms with Crippen LogP contribution in [-0.2, 0) is 0 Å². The number of carbonyl (C=O) groups is 1. The molecule has 2 aromatic heterocycles. The van der Waals surface area contributed by atoms with Crippen LogP contribution in [0.2, 0.25) is 5.02 Å². The van der Waals surface area contributed by atoms with Gasteiger partial charge in [0.1, 0.15) is 0 Å². The highest BCUT2D eigenvalue weighted by Crippen LogP contribution is 2.24. The first-order chi connectivity index (χ1) is 13.5. The highest BCUT2D eigenvalue weighted by Gasteiger charge is 2.24. The average molecular weight is 400 g/mol. The van der Waals surface area contributed by atoms with E-state index in [2.05, 4.69) is 27.5 Å². The van der Waals surface area contributed by atoms with Crippen molar-refractivity contribution < 1.29 is 9.32 Å². The van der Waals surface area contributed by atoms with E-state index >= 15 is 0 Å². The lowest BCUT2D eigenvalue weighted by molar-refractivity contribution is 0.0878.